The molecule has 0 fully saturated rings. The summed E-state index contributed by atoms with van der Waals surface area (Å²) in [5.74, 6) is 0. The molecule has 0 aliphatic heterocycles. The van der Waals surface area contributed by atoms with Gasteiger partial charge in [0.05, 0.1) is 5.52 Å². The van der Waals surface area contributed by atoms with Crippen LogP contribution >= 0.6 is 0 Å². The molecule has 122 valence electrons. The Labute approximate surface area is 140 Å². The molecule has 1 atom stereocenters. The van der Waals surface area contributed by atoms with Crippen molar-refractivity contribution in [3.8, 4) is 0 Å². The fourth-order valence-corrected chi connectivity index (χ4v) is 3.25. The smallest absolute Gasteiger partial charge is 0.415 e. The zero-order valence-electron chi connectivity index (χ0n) is 13.6. The van der Waals surface area contributed by atoms with Gasteiger partial charge in [-0.2, -0.15) is 0 Å². The number of fused-ring (bicyclic) bond motifs is 1. The minimum atomic E-state index is -0.982. The number of hydrogen-bond donors (Lipinski definition) is 2. The summed E-state index contributed by atoms with van der Waals surface area (Å²) in [6.45, 7) is 2.15. The molecule has 4 heteroatoms. The molecular formula is C20H20N2O2. The Morgan fingerprint density at radius 1 is 1.21 bits per heavy atom. The van der Waals surface area contributed by atoms with Crippen LogP contribution in [0.3, 0.4) is 0 Å². The number of rotatable bonds is 5. The van der Waals surface area contributed by atoms with Gasteiger partial charge in [0.25, 0.3) is 0 Å². The van der Waals surface area contributed by atoms with Crippen LogP contribution in [0.25, 0.3) is 10.9 Å². The van der Waals surface area contributed by atoms with Crippen LogP contribution in [0.5, 0.6) is 0 Å². The van der Waals surface area contributed by atoms with E-state index in [-0.39, 0.29) is 5.41 Å². The summed E-state index contributed by atoms with van der Waals surface area (Å²) < 4.78 is 1.23. The van der Waals surface area contributed by atoms with E-state index in [1.807, 2.05) is 42.5 Å². The highest BCUT2D eigenvalue weighted by Crippen LogP contribution is 2.33. The highest BCUT2D eigenvalue weighted by molar-refractivity contribution is 5.89. The maximum absolute atomic E-state index is 11.2. The van der Waals surface area contributed by atoms with E-state index in [4.69, 9.17) is 5.41 Å². The fraction of sp³-hybridized carbons (Fsp3) is 0.200. The van der Waals surface area contributed by atoms with Crippen LogP contribution in [-0.2, 0) is 11.8 Å². The average molecular weight is 320 g/mol. The van der Waals surface area contributed by atoms with Gasteiger partial charge in [0, 0.05) is 17.0 Å². The zero-order chi connectivity index (χ0) is 17.2. The van der Waals surface area contributed by atoms with Gasteiger partial charge >= 0.3 is 6.09 Å². The van der Waals surface area contributed by atoms with Gasteiger partial charge in [-0.05, 0) is 48.4 Å². The molecule has 24 heavy (non-hydrogen) atoms. The van der Waals surface area contributed by atoms with Crippen LogP contribution in [-0.4, -0.2) is 22.0 Å². The van der Waals surface area contributed by atoms with Crippen LogP contribution in [0.4, 0.5) is 4.79 Å². The van der Waals surface area contributed by atoms with Crippen molar-refractivity contribution in [1.29, 1.82) is 5.41 Å². The summed E-state index contributed by atoms with van der Waals surface area (Å²) in [5, 5.41) is 17.7. The lowest BCUT2D eigenvalue weighted by Gasteiger charge is -2.29. The number of nitrogens with zero attached hydrogens (tertiary/aromatic N) is 1. The van der Waals surface area contributed by atoms with Crippen LogP contribution in [0.1, 0.15) is 24.5 Å². The van der Waals surface area contributed by atoms with Crippen LogP contribution in [0.2, 0.25) is 0 Å². The van der Waals surface area contributed by atoms with Crippen molar-refractivity contribution in [2.75, 3.05) is 0 Å². The molecule has 2 N–H and O–H groups in total. The fourth-order valence-electron chi connectivity index (χ4n) is 3.25. The summed E-state index contributed by atoms with van der Waals surface area (Å²) in [6, 6.07) is 17.9. The first kappa shape index (κ1) is 16.0. The molecule has 0 saturated heterocycles. The topological polar surface area (TPSA) is 66.1 Å². The van der Waals surface area contributed by atoms with E-state index in [1.165, 1.54) is 16.3 Å². The first-order valence-corrected chi connectivity index (χ1v) is 7.91. The molecule has 0 amide bonds. The number of aromatic nitrogens is 1. The molecule has 1 unspecified atom stereocenters. The van der Waals surface area contributed by atoms with E-state index < -0.39 is 6.09 Å². The molecule has 0 bridgehead atoms. The molecule has 2 aromatic carbocycles. The Bertz CT molecular complexity index is 883. The van der Waals surface area contributed by atoms with Crippen LogP contribution in [0, 0.1) is 5.41 Å². The number of benzene rings is 2. The third kappa shape index (κ3) is 2.95. The molecule has 3 aromatic rings. The maximum Gasteiger partial charge on any atom is 0.415 e. The van der Waals surface area contributed by atoms with Crippen molar-refractivity contribution in [3.63, 3.8) is 0 Å². The standard InChI is InChI=1S/C20H20N2O2/c1-20(10-11-21,14-15-5-3-2-4-6-15)17-7-8-18-16(13-17)9-12-22(18)19(23)24/h2-9,11-13,21H,10,14H2,1H3,(H,23,24). The van der Waals surface area contributed by atoms with Crippen molar-refractivity contribution >= 4 is 23.2 Å². The summed E-state index contributed by atoms with van der Waals surface area (Å²) in [6.07, 6.45) is 3.50. The van der Waals surface area contributed by atoms with E-state index >= 15 is 0 Å². The molecular weight excluding hydrogens is 300 g/mol. The summed E-state index contributed by atoms with van der Waals surface area (Å²) >= 11 is 0. The minimum absolute atomic E-state index is 0.206. The van der Waals surface area contributed by atoms with Gasteiger partial charge in [-0.3, -0.25) is 4.57 Å². The van der Waals surface area contributed by atoms with E-state index in [2.05, 4.69) is 19.1 Å². The van der Waals surface area contributed by atoms with E-state index in [0.29, 0.717) is 11.9 Å². The molecule has 1 heterocycles. The molecule has 0 aliphatic rings. The second-order valence-corrected chi connectivity index (χ2v) is 6.37. The average Bonchev–Trinajstić information content (AvgIpc) is 2.99. The van der Waals surface area contributed by atoms with Gasteiger partial charge in [-0.25, -0.2) is 4.79 Å². The van der Waals surface area contributed by atoms with Crippen LogP contribution in [0.15, 0.2) is 60.8 Å². The van der Waals surface area contributed by atoms with Gasteiger partial charge < -0.3 is 10.5 Å². The number of carbonyl (C=O) groups is 1. The van der Waals surface area contributed by atoms with E-state index in [0.717, 1.165) is 17.4 Å². The van der Waals surface area contributed by atoms with Gasteiger partial charge in [-0.1, -0.05) is 43.3 Å². The third-order valence-electron chi connectivity index (χ3n) is 4.58. The highest BCUT2D eigenvalue weighted by atomic mass is 16.4. The van der Waals surface area contributed by atoms with Crippen molar-refractivity contribution < 1.29 is 9.90 Å². The van der Waals surface area contributed by atoms with Gasteiger partial charge in [-0.15, -0.1) is 0 Å². The minimum Gasteiger partial charge on any atom is -0.464 e. The predicted octanol–water partition coefficient (Wildman–Crippen LogP) is 4.71. The molecule has 0 radical (unpaired) electrons. The maximum atomic E-state index is 11.2. The van der Waals surface area contributed by atoms with Crippen molar-refractivity contribution in [1.82, 2.24) is 4.57 Å². The van der Waals surface area contributed by atoms with Crippen LogP contribution < -0.4 is 0 Å². The SMILES string of the molecule is CC(CC=N)(Cc1ccccc1)c1ccc2c(ccn2C(=O)O)c1. The zero-order valence-corrected chi connectivity index (χ0v) is 13.6. The van der Waals surface area contributed by atoms with E-state index in [9.17, 15) is 9.90 Å². The lowest BCUT2D eigenvalue weighted by Crippen LogP contribution is -2.25. The van der Waals surface area contributed by atoms with Crippen molar-refractivity contribution in [3.05, 3.63) is 71.9 Å². The second kappa shape index (κ2) is 6.32. The predicted molar refractivity (Wildman–Crippen MR) is 96.3 cm³/mol. The highest BCUT2D eigenvalue weighted by Gasteiger charge is 2.26. The van der Waals surface area contributed by atoms with Gasteiger partial charge in [0.15, 0.2) is 0 Å². The molecule has 1 aromatic heterocycles. The first-order chi connectivity index (χ1) is 11.5. The van der Waals surface area contributed by atoms with E-state index in [1.54, 1.807) is 6.20 Å². The first-order valence-electron chi connectivity index (χ1n) is 7.91. The number of hydrogen-bond acceptors (Lipinski definition) is 2. The second-order valence-electron chi connectivity index (χ2n) is 6.37. The lowest BCUT2D eigenvalue weighted by molar-refractivity contribution is 0.197. The lowest BCUT2D eigenvalue weighted by atomic mass is 9.75. The quantitative estimate of drug-likeness (QED) is 0.669. The van der Waals surface area contributed by atoms with Gasteiger partial charge in [0.2, 0.25) is 0 Å². The Kier molecular flexibility index (Phi) is 4.21. The summed E-state index contributed by atoms with van der Waals surface area (Å²) in [4.78, 5) is 11.2. The number of carboxylic acid groups (broad SMARTS) is 1. The summed E-state index contributed by atoms with van der Waals surface area (Å²) in [7, 11) is 0. The molecule has 3 rings (SSSR count). The van der Waals surface area contributed by atoms with Crippen molar-refractivity contribution in [2.24, 2.45) is 0 Å². The summed E-state index contributed by atoms with van der Waals surface area (Å²) in [5.41, 5.74) is 2.82. The number of nitrogens with one attached hydrogen (secondary N) is 1. The Morgan fingerprint density at radius 2 is 1.96 bits per heavy atom. The Hall–Kier alpha value is -2.88. The molecule has 0 spiro atoms. The normalized spacial score (nSPS) is 13.5. The molecule has 4 nitrogen and oxygen atoms in total. The Balaban J connectivity index is 2.03. The monoisotopic (exact) mass is 320 g/mol. The van der Waals surface area contributed by atoms with Gasteiger partial charge in [0.1, 0.15) is 0 Å². The Morgan fingerprint density at radius 3 is 2.62 bits per heavy atom. The molecule has 0 saturated carbocycles. The molecule has 0 aliphatic carbocycles. The third-order valence-corrected chi connectivity index (χ3v) is 4.58. The largest absolute Gasteiger partial charge is 0.464 e. The van der Waals surface area contributed by atoms with Crippen molar-refractivity contribution in [2.45, 2.75) is 25.2 Å².